The van der Waals surface area contributed by atoms with Crippen LogP contribution in [0, 0.1) is 0 Å². The van der Waals surface area contributed by atoms with E-state index < -0.39 is 36.1 Å². The van der Waals surface area contributed by atoms with Crippen molar-refractivity contribution in [2.24, 2.45) is 5.10 Å². The van der Waals surface area contributed by atoms with Gasteiger partial charge in [0, 0.05) is 37.3 Å². The van der Waals surface area contributed by atoms with Crippen molar-refractivity contribution in [3.63, 3.8) is 0 Å². The van der Waals surface area contributed by atoms with E-state index in [2.05, 4.69) is 0 Å². The number of rotatable bonds is 12. The zero-order chi connectivity index (χ0) is 32.7. The summed E-state index contributed by atoms with van der Waals surface area (Å²) in [7, 11) is 7.51. The summed E-state index contributed by atoms with van der Waals surface area (Å²) in [5, 5.41) is 6.00. The van der Waals surface area contributed by atoms with E-state index in [4.69, 9.17) is 28.8 Å². The average Bonchev–Trinajstić information content (AvgIpc) is 3.50. The van der Waals surface area contributed by atoms with Crippen LogP contribution in [-0.2, 0) is 15.7 Å². The zero-order valence-electron chi connectivity index (χ0n) is 25.5. The van der Waals surface area contributed by atoms with Crippen LogP contribution in [-0.4, -0.2) is 82.7 Å². The lowest BCUT2D eigenvalue weighted by molar-refractivity contribution is -0.137. The third-order valence-corrected chi connectivity index (χ3v) is 7.32. The molecular formula is C32H34F3N3O7. The van der Waals surface area contributed by atoms with E-state index >= 15 is 0 Å². The Balaban J connectivity index is 1.70. The Morgan fingerprint density at radius 3 is 2.16 bits per heavy atom. The largest absolute Gasteiger partial charge is 0.497 e. The zero-order valence-corrected chi connectivity index (χ0v) is 25.5. The number of amides is 2. The normalized spacial score (nSPS) is 14.5. The molecule has 0 saturated carbocycles. The average molecular weight is 630 g/mol. The highest BCUT2D eigenvalue weighted by Crippen LogP contribution is 2.39. The number of hydrogen-bond acceptors (Lipinski definition) is 8. The van der Waals surface area contributed by atoms with E-state index in [1.807, 2.05) is 0 Å². The number of hydrogen-bond donors (Lipinski definition) is 0. The molecule has 0 aromatic heterocycles. The highest BCUT2D eigenvalue weighted by molar-refractivity contribution is 6.05. The number of alkyl halides is 3. The van der Waals surface area contributed by atoms with Crippen molar-refractivity contribution in [3.8, 4) is 23.0 Å². The molecule has 0 aliphatic carbocycles. The molecule has 0 radical (unpaired) electrons. The molecule has 1 atom stereocenters. The Bertz CT molecular complexity index is 1540. The first-order valence-electron chi connectivity index (χ1n) is 13.8. The van der Waals surface area contributed by atoms with Crippen molar-refractivity contribution in [1.82, 2.24) is 9.91 Å². The maximum Gasteiger partial charge on any atom is 0.416 e. The van der Waals surface area contributed by atoms with Crippen LogP contribution < -0.4 is 18.9 Å². The van der Waals surface area contributed by atoms with E-state index in [-0.39, 0.29) is 18.7 Å². The van der Waals surface area contributed by atoms with E-state index in [9.17, 15) is 22.8 Å². The number of ether oxygens (including phenoxy) is 5. The summed E-state index contributed by atoms with van der Waals surface area (Å²) >= 11 is 0. The van der Waals surface area contributed by atoms with Crippen molar-refractivity contribution in [1.29, 1.82) is 0 Å². The van der Waals surface area contributed by atoms with E-state index in [1.54, 1.807) is 36.4 Å². The molecule has 0 bridgehead atoms. The fourth-order valence-electron chi connectivity index (χ4n) is 4.93. The SMILES string of the molecule is COCCN(CC(=O)N1N=C(c2ccc(OC)cc2OC)C[C@H]1c1ccc(OC)c(OC)c1)C(=O)c1ccc(C(F)(F)F)cc1. The van der Waals surface area contributed by atoms with Crippen molar-refractivity contribution in [2.75, 3.05) is 55.2 Å². The minimum Gasteiger partial charge on any atom is -0.497 e. The molecular weight excluding hydrogens is 595 g/mol. The first-order chi connectivity index (χ1) is 21.5. The Labute approximate surface area is 258 Å². The van der Waals surface area contributed by atoms with Gasteiger partial charge in [0.2, 0.25) is 0 Å². The second kappa shape index (κ2) is 14.3. The Morgan fingerprint density at radius 2 is 1.56 bits per heavy atom. The summed E-state index contributed by atoms with van der Waals surface area (Å²) in [6.45, 7) is -0.306. The minimum absolute atomic E-state index is 0.00285. The quantitative estimate of drug-likeness (QED) is 0.272. The fourth-order valence-corrected chi connectivity index (χ4v) is 4.93. The Hall–Kier alpha value is -4.78. The van der Waals surface area contributed by atoms with E-state index in [0.717, 1.165) is 24.3 Å². The molecule has 0 spiro atoms. The second-order valence-electron chi connectivity index (χ2n) is 9.98. The predicted molar refractivity (Wildman–Crippen MR) is 159 cm³/mol. The summed E-state index contributed by atoms with van der Waals surface area (Å²) in [4.78, 5) is 28.6. The smallest absolute Gasteiger partial charge is 0.416 e. The first kappa shape index (κ1) is 33.1. The molecule has 2 amide bonds. The molecule has 3 aromatic rings. The Kier molecular flexibility index (Phi) is 10.6. The van der Waals surface area contributed by atoms with Gasteiger partial charge < -0.3 is 28.6 Å². The van der Waals surface area contributed by atoms with Gasteiger partial charge in [-0.15, -0.1) is 0 Å². The van der Waals surface area contributed by atoms with Crippen LogP contribution in [0.4, 0.5) is 13.2 Å². The third-order valence-electron chi connectivity index (χ3n) is 7.32. The summed E-state index contributed by atoms with van der Waals surface area (Å²) in [5.41, 5.74) is 1.02. The molecule has 13 heteroatoms. The lowest BCUT2D eigenvalue weighted by Gasteiger charge is -2.27. The number of halogens is 3. The van der Waals surface area contributed by atoms with Crippen LogP contribution in [0.3, 0.4) is 0 Å². The highest BCUT2D eigenvalue weighted by atomic mass is 19.4. The van der Waals surface area contributed by atoms with Gasteiger partial charge in [-0.1, -0.05) is 6.07 Å². The lowest BCUT2D eigenvalue weighted by Crippen LogP contribution is -2.42. The molecule has 1 aliphatic rings. The number of hydrazone groups is 1. The van der Waals surface area contributed by atoms with Crippen LogP contribution in [0.5, 0.6) is 23.0 Å². The maximum absolute atomic E-state index is 14.0. The number of benzene rings is 3. The van der Waals surface area contributed by atoms with Crippen LogP contribution in [0.2, 0.25) is 0 Å². The monoisotopic (exact) mass is 629 g/mol. The molecule has 0 fully saturated rings. The summed E-state index contributed by atoms with van der Waals surface area (Å²) < 4.78 is 66.2. The molecule has 0 saturated heterocycles. The van der Waals surface area contributed by atoms with Gasteiger partial charge in [0.1, 0.15) is 18.0 Å². The van der Waals surface area contributed by atoms with Crippen molar-refractivity contribution < 1.29 is 46.4 Å². The van der Waals surface area contributed by atoms with Gasteiger partial charge in [0.25, 0.3) is 11.8 Å². The molecule has 3 aromatic carbocycles. The molecule has 1 aliphatic heterocycles. The summed E-state index contributed by atoms with van der Waals surface area (Å²) in [5.74, 6) is 0.882. The Morgan fingerprint density at radius 1 is 0.867 bits per heavy atom. The lowest BCUT2D eigenvalue weighted by atomic mass is 9.97. The first-order valence-corrected chi connectivity index (χ1v) is 13.8. The third kappa shape index (κ3) is 7.48. The second-order valence-corrected chi connectivity index (χ2v) is 9.98. The maximum atomic E-state index is 14.0. The van der Waals surface area contributed by atoms with Crippen molar-refractivity contribution in [2.45, 2.75) is 18.6 Å². The number of methoxy groups -OCH3 is 5. The molecule has 0 unspecified atom stereocenters. The van der Waals surface area contributed by atoms with Gasteiger partial charge >= 0.3 is 6.18 Å². The molecule has 45 heavy (non-hydrogen) atoms. The van der Waals surface area contributed by atoms with Crippen LogP contribution in [0.25, 0.3) is 0 Å². The van der Waals surface area contributed by atoms with Crippen LogP contribution in [0.15, 0.2) is 65.8 Å². The molecule has 0 N–H and O–H groups in total. The van der Waals surface area contributed by atoms with Gasteiger partial charge in [-0.2, -0.15) is 18.3 Å². The van der Waals surface area contributed by atoms with Gasteiger partial charge in [0.15, 0.2) is 11.5 Å². The van der Waals surface area contributed by atoms with Crippen molar-refractivity contribution >= 4 is 17.5 Å². The van der Waals surface area contributed by atoms with Gasteiger partial charge in [-0.3, -0.25) is 9.59 Å². The predicted octanol–water partition coefficient (Wildman–Crippen LogP) is 5.21. The van der Waals surface area contributed by atoms with Crippen LogP contribution in [0.1, 0.15) is 39.5 Å². The topological polar surface area (TPSA) is 99.1 Å². The van der Waals surface area contributed by atoms with Gasteiger partial charge in [0.05, 0.1) is 52.4 Å². The van der Waals surface area contributed by atoms with E-state index in [1.165, 1.54) is 45.5 Å². The van der Waals surface area contributed by atoms with Crippen molar-refractivity contribution in [3.05, 3.63) is 82.9 Å². The molecule has 10 nitrogen and oxygen atoms in total. The number of carbonyl (C=O) groups excluding carboxylic acids is 2. The van der Waals surface area contributed by atoms with E-state index in [0.29, 0.717) is 46.3 Å². The number of carbonyl (C=O) groups is 2. The summed E-state index contributed by atoms with van der Waals surface area (Å²) in [6.07, 6.45) is -4.25. The minimum atomic E-state index is -4.55. The molecule has 4 rings (SSSR count). The standard InChI is InChI=1S/C32H34F3N3O7/c1-41-15-14-37(31(40)20-6-9-22(10-7-20)32(33,34)35)19-30(39)38-26(21-8-13-27(43-3)29(16-21)45-5)18-25(36-38)24-12-11-23(42-2)17-28(24)44-4/h6-13,16-17,26H,14-15,18-19H2,1-5H3/t26-/m0/s1. The highest BCUT2D eigenvalue weighted by Gasteiger charge is 2.36. The fraction of sp³-hybridized carbons (Fsp3) is 0.344. The van der Waals surface area contributed by atoms with Gasteiger partial charge in [-0.05, 0) is 54.1 Å². The summed E-state index contributed by atoms with van der Waals surface area (Å²) in [6, 6.07) is 13.8. The van der Waals surface area contributed by atoms with Gasteiger partial charge in [-0.25, -0.2) is 5.01 Å². The molecule has 1 heterocycles. The van der Waals surface area contributed by atoms with Crippen LogP contribution >= 0.6 is 0 Å². The number of nitrogens with zero attached hydrogens (tertiary/aromatic N) is 3. The molecule has 240 valence electrons.